The Labute approximate surface area is 254 Å². The van der Waals surface area contributed by atoms with E-state index in [1.165, 1.54) is 40.6 Å². The van der Waals surface area contributed by atoms with Crippen molar-refractivity contribution < 1.29 is 4.79 Å². The molecule has 0 amide bonds. The van der Waals surface area contributed by atoms with Crippen molar-refractivity contribution in [1.82, 2.24) is 24.8 Å². The number of piperazine rings is 1. The van der Waals surface area contributed by atoms with Gasteiger partial charge in [0.05, 0.1) is 5.69 Å². The predicted molar refractivity (Wildman–Crippen MR) is 176 cm³/mol. The van der Waals surface area contributed by atoms with Crippen molar-refractivity contribution in [2.75, 3.05) is 45.2 Å². The molecule has 0 saturated carbocycles. The second-order valence-corrected chi connectivity index (χ2v) is 11.0. The summed E-state index contributed by atoms with van der Waals surface area (Å²) in [6, 6.07) is 26.5. The molecule has 3 aromatic carbocycles. The summed E-state index contributed by atoms with van der Waals surface area (Å²) in [7, 11) is 3.70. The fourth-order valence-corrected chi connectivity index (χ4v) is 6.09. The molecular weight excluding hydrogens is 534 g/mol. The Morgan fingerprint density at radius 2 is 1.53 bits per heavy atom. The van der Waals surface area contributed by atoms with Crippen molar-refractivity contribution in [3.63, 3.8) is 0 Å². The van der Waals surface area contributed by atoms with Crippen LogP contribution >= 0.6 is 0 Å². The molecule has 43 heavy (non-hydrogen) atoms. The van der Waals surface area contributed by atoms with Crippen LogP contribution in [0.4, 0.5) is 5.69 Å². The van der Waals surface area contributed by atoms with Gasteiger partial charge in [-0.15, -0.1) is 0 Å². The van der Waals surface area contributed by atoms with Crippen LogP contribution in [0, 0.1) is 6.92 Å². The minimum Gasteiger partial charge on any atom is -0.363 e. The van der Waals surface area contributed by atoms with Crippen molar-refractivity contribution >= 4 is 23.5 Å². The molecule has 8 nitrogen and oxygen atoms in total. The van der Waals surface area contributed by atoms with Gasteiger partial charge in [-0.3, -0.25) is 4.90 Å². The number of fused-ring (bicyclic) bond motifs is 2. The molecule has 0 spiro atoms. The van der Waals surface area contributed by atoms with E-state index >= 15 is 0 Å². The minimum absolute atomic E-state index is 0.870. The molecule has 5 aromatic rings. The molecule has 0 unspecified atom stereocenters. The molecule has 1 saturated heterocycles. The highest BCUT2D eigenvalue weighted by Gasteiger charge is 2.22. The summed E-state index contributed by atoms with van der Waals surface area (Å²) in [4.78, 5) is 28.3. The van der Waals surface area contributed by atoms with Crippen LogP contribution < -0.4 is 10.6 Å². The first kappa shape index (κ1) is 30.1. The minimum atomic E-state index is 0.870. The number of carbonyl (C=O) groups excluding carboxylic acids is 1. The highest BCUT2D eigenvalue weighted by molar-refractivity contribution is 5.95. The molecular formula is C35H41N7O. The normalized spacial score (nSPS) is 14.9. The Bertz CT molecular complexity index is 1630. The number of anilines is 1. The number of H-pyrrole nitrogens is 1. The van der Waals surface area contributed by atoms with Crippen molar-refractivity contribution in [3.8, 4) is 22.5 Å². The molecule has 0 radical (unpaired) electrons. The van der Waals surface area contributed by atoms with Gasteiger partial charge in [0, 0.05) is 68.1 Å². The van der Waals surface area contributed by atoms with Gasteiger partial charge in [-0.2, -0.15) is 0 Å². The van der Waals surface area contributed by atoms with E-state index in [1.807, 2.05) is 6.79 Å². The zero-order valence-electron chi connectivity index (χ0n) is 25.4. The first-order chi connectivity index (χ1) is 21.1. The number of nitrogens with zero attached hydrogens (tertiary/aromatic N) is 5. The van der Waals surface area contributed by atoms with Gasteiger partial charge in [0.1, 0.15) is 18.8 Å². The van der Waals surface area contributed by atoms with E-state index in [9.17, 15) is 0 Å². The highest BCUT2D eigenvalue weighted by atomic mass is 16.1. The van der Waals surface area contributed by atoms with Crippen LogP contribution in [-0.2, 0) is 24.4 Å². The first-order valence-corrected chi connectivity index (χ1v) is 14.7. The predicted octanol–water partition coefficient (Wildman–Crippen LogP) is 5.26. The van der Waals surface area contributed by atoms with E-state index in [2.05, 4.69) is 117 Å². The van der Waals surface area contributed by atoms with Gasteiger partial charge < -0.3 is 25.3 Å². The molecule has 0 aliphatic carbocycles. The van der Waals surface area contributed by atoms with Crippen LogP contribution in [-0.4, -0.2) is 71.8 Å². The number of likely N-dealkylation sites (N-methyl/N-ethyl adjacent to an activating group) is 1. The second kappa shape index (κ2) is 13.7. The molecule has 0 bridgehead atoms. The number of carbonyl (C=O) groups is 1. The number of hydrogen-bond acceptors (Lipinski definition) is 7. The summed E-state index contributed by atoms with van der Waals surface area (Å²) in [5, 5.41) is 1.05. The van der Waals surface area contributed by atoms with E-state index in [1.54, 1.807) is 6.33 Å². The maximum Gasteiger partial charge on any atom is 0.141 e. The maximum atomic E-state index is 8.00. The van der Waals surface area contributed by atoms with Gasteiger partial charge in [0.2, 0.25) is 0 Å². The fourth-order valence-electron chi connectivity index (χ4n) is 6.09. The lowest BCUT2D eigenvalue weighted by molar-refractivity contribution is -0.0980. The van der Waals surface area contributed by atoms with Crippen LogP contribution in [0.2, 0.25) is 0 Å². The summed E-state index contributed by atoms with van der Waals surface area (Å²) in [6.07, 6.45) is 1.68. The third-order valence-electron chi connectivity index (χ3n) is 8.43. The summed E-state index contributed by atoms with van der Waals surface area (Å²) >= 11 is 0. The largest absolute Gasteiger partial charge is 0.363 e. The van der Waals surface area contributed by atoms with Gasteiger partial charge in [-0.05, 0) is 61.0 Å². The number of benzene rings is 3. The summed E-state index contributed by atoms with van der Waals surface area (Å²) < 4.78 is 0. The summed E-state index contributed by atoms with van der Waals surface area (Å²) in [6.45, 7) is 11.7. The Morgan fingerprint density at radius 1 is 0.860 bits per heavy atom. The molecule has 3 N–H and O–H groups in total. The molecule has 2 aromatic heterocycles. The van der Waals surface area contributed by atoms with Gasteiger partial charge in [-0.25, -0.2) is 9.97 Å². The van der Waals surface area contributed by atoms with Crippen LogP contribution in [0.3, 0.4) is 0 Å². The molecule has 0 atom stereocenters. The smallest absolute Gasteiger partial charge is 0.141 e. The molecule has 1 fully saturated rings. The average molecular weight is 576 g/mol. The summed E-state index contributed by atoms with van der Waals surface area (Å²) in [5.74, 6) is 0. The van der Waals surface area contributed by atoms with Crippen LogP contribution in [0.5, 0.6) is 0 Å². The fraction of sp³-hybridized carbons (Fsp3) is 0.286. The van der Waals surface area contributed by atoms with Crippen LogP contribution in [0.1, 0.15) is 22.3 Å². The Balaban J connectivity index is 0.000000885. The highest BCUT2D eigenvalue weighted by Crippen LogP contribution is 2.37. The van der Waals surface area contributed by atoms with E-state index in [0.29, 0.717) is 0 Å². The van der Waals surface area contributed by atoms with Crippen LogP contribution in [0.25, 0.3) is 33.5 Å². The third kappa shape index (κ3) is 6.37. The monoisotopic (exact) mass is 575 g/mol. The Hall–Kier alpha value is -4.37. The lowest BCUT2D eigenvalue weighted by atomic mass is 10.0. The number of nitrogens with two attached hydrogens (primary N) is 1. The van der Waals surface area contributed by atoms with E-state index in [0.717, 1.165) is 73.8 Å². The molecule has 2 aliphatic rings. The third-order valence-corrected chi connectivity index (χ3v) is 8.43. The zero-order valence-corrected chi connectivity index (χ0v) is 25.4. The topological polar surface area (TPSA) is 94.4 Å². The van der Waals surface area contributed by atoms with E-state index < -0.39 is 0 Å². The Morgan fingerprint density at radius 3 is 2.21 bits per heavy atom. The van der Waals surface area contributed by atoms with Crippen molar-refractivity contribution in [1.29, 1.82) is 0 Å². The lowest BCUT2D eigenvalue weighted by Gasteiger charge is -2.32. The van der Waals surface area contributed by atoms with E-state index in [-0.39, 0.29) is 0 Å². The molecule has 8 heteroatoms. The van der Waals surface area contributed by atoms with E-state index in [4.69, 9.17) is 9.78 Å². The molecule has 7 rings (SSSR count). The van der Waals surface area contributed by atoms with Crippen molar-refractivity contribution in [3.05, 3.63) is 101 Å². The number of aromatic nitrogens is 3. The van der Waals surface area contributed by atoms with Gasteiger partial charge in [0.25, 0.3) is 0 Å². The number of aromatic amines is 1. The zero-order chi connectivity index (χ0) is 30.3. The molecule has 222 valence electrons. The SMILES string of the molecule is C=O.CN.Cc1c(-c2ncnc3[nH]c(-c4ccc(CN5CCN(C)CC5)cc4)cc23)cccc1N1Cc2ccccc2C1. The standard InChI is InChI=1S/C33H34N6.CH5N.CH2O/c1-23-28(8-5-9-31(23)39-20-26-6-3-4-7-27(26)21-39)32-29-18-30(36-33(29)35-22-34-32)25-12-10-24(11-13-25)19-38-16-14-37(2)15-17-38;2*1-2/h3-13,18,22H,14-17,19-21H2,1-2H3,(H,34,35,36);2H2,1H3;1H2. The average Bonchev–Trinajstić information content (AvgIpc) is 3.69. The van der Waals surface area contributed by atoms with Gasteiger partial charge in [0.15, 0.2) is 0 Å². The van der Waals surface area contributed by atoms with Crippen molar-refractivity contribution in [2.24, 2.45) is 5.73 Å². The summed E-state index contributed by atoms with van der Waals surface area (Å²) in [5.41, 5.74) is 16.4. The van der Waals surface area contributed by atoms with Gasteiger partial charge in [-0.1, -0.05) is 60.7 Å². The maximum absolute atomic E-state index is 8.00. The lowest BCUT2D eigenvalue weighted by Crippen LogP contribution is -2.43. The Kier molecular flexibility index (Phi) is 9.61. The van der Waals surface area contributed by atoms with Gasteiger partial charge >= 0.3 is 0 Å². The van der Waals surface area contributed by atoms with Crippen molar-refractivity contribution in [2.45, 2.75) is 26.6 Å². The first-order valence-electron chi connectivity index (χ1n) is 14.7. The number of nitrogens with one attached hydrogen (secondary N) is 1. The van der Waals surface area contributed by atoms with Crippen LogP contribution in [0.15, 0.2) is 79.1 Å². The quantitative estimate of drug-likeness (QED) is 0.295. The number of hydrogen-bond donors (Lipinski definition) is 2. The molecule has 4 heterocycles. The second-order valence-electron chi connectivity index (χ2n) is 11.0. The molecule has 2 aliphatic heterocycles. The number of rotatable bonds is 5.